The zero-order valence-corrected chi connectivity index (χ0v) is 5.68. The number of nitriles is 1. The molecule has 5 heteroatoms. The molecule has 0 aliphatic rings. The third-order valence-electron chi connectivity index (χ3n) is 0.587. The Labute approximate surface area is 58.9 Å². The minimum absolute atomic E-state index is 0. The molecule has 0 saturated heterocycles. The number of carbonyl (C=O) groups is 1. The lowest BCUT2D eigenvalue weighted by Crippen LogP contribution is -2.24. The van der Waals surface area contributed by atoms with Gasteiger partial charge in [0.25, 0.3) is 0 Å². The van der Waals surface area contributed by atoms with E-state index in [9.17, 15) is 4.79 Å². The Hall–Kier alpha value is -1.28. The second kappa shape index (κ2) is 7.72. The molecule has 0 radical (unpaired) electrons. The lowest BCUT2D eigenvalue weighted by Gasteiger charge is -1.98. The molecule has 0 heterocycles. The van der Waals surface area contributed by atoms with Gasteiger partial charge in [-0.05, 0) is 6.92 Å². The maximum atomic E-state index is 10.3. The fourth-order valence-electron chi connectivity index (χ4n) is 0.294. The largest absolute Gasteiger partial charge is 0.450 e. The van der Waals surface area contributed by atoms with Crippen molar-refractivity contribution in [2.24, 2.45) is 0 Å². The van der Waals surface area contributed by atoms with E-state index < -0.39 is 6.09 Å². The molecule has 0 rings (SSSR count). The maximum absolute atomic E-state index is 10.3. The molecule has 0 aliphatic heterocycles. The SMILES string of the molecule is CCOC(=O)NCC#N.O. The van der Waals surface area contributed by atoms with Crippen molar-refractivity contribution in [3.8, 4) is 6.07 Å². The predicted molar refractivity (Wildman–Crippen MR) is 34.3 cm³/mol. The average Bonchev–Trinajstić information content (AvgIpc) is 1.85. The van der Waals surface area contributed by atoms with Gasteiger partial charge in [-0.3, -0.25) is 0 Å². The van der Waals surface area contributed by atoms with Gasteiger partial charge in [0.05, 0.1) is 12.7 Å². The van der Waals surface area contributed by atoms with E-state index in [0.717, 1.165) is 0 Å². The van der Waals surface area contributed by atoms with Gasteiger partial charge >= 0.3 is 6.09 Å². The van der Waals surface area contributed by atoms with E-state index in [1.807, 2.05) is 0 Å². The predicted octanol–water partition coefficient (Wildman–Crippen LogP) is -0.569. The molecule has 0 spiro atoms. The molecule has 0 bridgehead atoms. The van der Waals surface area contributed by atoms with Crippen LogP contribution in [-0.4, -0.2) is 24.7 Å². The lowest BCUT2D eigenvalue weighted by atomic mass is 10.7. The number of hydrogen-bond donors (Lipinski definition) is 1. The molecule has 0 aliphatic carbocycles. The molecular weight excluding hydrogens is 136 g/mol. The fourth-order valence-corrected chi connectivity index (χ4v) is 0.294. The zero-order chi connectivity index (χ0) is 7.11. The summed E-state index contributed by atoms with van der Waals surface area (Å²) in [6.07, 6.45) is -0.543. The van der Waals surface area contributed by atoms with E-state index in [2.05, 4.69) is 10.1 Å². The van der Waals surface area contributed by atoms with Gasteiger partial charge in [-0.25, -0.2) is 4.79 Å². The quantitative estimate of drug-likeness (QED) is 0.528. The van der Waals surface area contributed by atoms with E-state index in [1.54, 1.807) is 13.0 Å². The first-order chi connectivity index (χ1) is 4.31. The van der Waals surface area contributed by atoms with Gasteiger partial charge < -0.3 is 15.5 Å². The molecule has 0 aromatic rings. The second-order valence-electron chi connectivity index (χ2n) is 1.23. The molecule has 0 aromatic heterocycles. The summed E-state index contributed by atoms with van der Waals surface area (Å²) in [5, 5.41) is 10.2. The normalized spacial score (nSPS) is 6.80. The van der Waals surface area contributed by atoms with E-state index in [-0.39, 0.29) is 12.0 Å². The highest BCUT2D eigenvalue weighted by Gasteiger charge is 1.94. The van der Waals surface area contributed by atoms with Gasteiger partial charge in [-0.1, -0.05) is 0 Å². The molecule has 0 fully saturated rings. The highest BCUT2D eigenvalue weighted by atomic mass is 16.5. The van der Waals surface area contributed by atoms with Gasteiger partial charge in [-0.2, -0.15) is 5.26 Å². The first kappa shape index (κ1) is 11.5. The number of carbonyl (C=O) groups excluding carboxylic acids is 1. The summed E-state index contributed by atoms with van der Waals surface area (Å²) in [6, 6.07) is 1.75. The first-order valence-corrected chi connectivity index (χ1v) is 2.58. The molecule has 0 aromatic carbocycles. The summed E-state index contributed by atoms with van der Waals surface area (Å²) in [7, 11) is 0. The molecule has 3 N–H and O–H groups in total. The summed E-state index contributed by atoms with van der Waals surface area (Å²) in [6.45, 7) is 2.03. The molecule has 58 valence electrons. The van der Waals surface area contributed by atoms with E-state index in [4.69, 9.17) is 5.26 Å². The standard InChI is InChI=1S/C5H8N2O2.H2O/c1-2-9-5(8)7-4-3-6;/h2,4H2,1H3,(H,7,8);1H2. The molecule has 5 nitrogen and oxygen atoms in total. The Kier molecular flexibility index (Phi) is 8.88. The van der Waals surface area contributed by atoms with Gasteiger partial charge in [0.15, 0.2) is 0 Å². The summed E-state index contributed by atoms with van der Waals surface area (Å²) < 4.78 is 4.44. The number of alkyl carbamates (subject to hydrolysis) is 1. The van der Waals surface area contributed by atoms with Crippen molar-refractivity contribution in [2.45, 2.75) is 6.92 Å². The topological polar surface area (TPSA) is 93.6 Å². The van der Waals surface area contributed by atoms with Crippen LogP contribution in [0.2, 0.25) is 0 Å². The maximum Gasteiger partial charge on any atom is 0.407 e. The van der Waals surface area contributed by atoms with E-state index >= 15 is 0 Å². The van der Waals surface area contributed by atoms with Crippen molar-refractivity contribution in [3.63, 3.8) is 0 Å². The fraction of sp³-hybridized carbons (Fsp3) is 0.600. The molecule has 1 amide bonds. The number of rotatable bonds is 2. The minimum Gasteiger partial charge on any atom is -0.450 e. The summed E-state index contributed by atoms with van der Waals surface area (Å²) in [5.74, 6) is 0. The number of nitrogens with one attached hydrogen (secondary N) is 1. The van der Waals surface area contributed by atoms with Crippen LogP contribution in [0.3, 0.4) is 0 Å². The third kappa shape index (κ3) is 6.72. The highest BCUT2D eigenvalue weighted by molar-refractivity contribution is 5.67. The van der Waals surface area contributed by atoms with Crippen LogP contribution in [0.25, 0.3) is 0 Å². The highest BCUT2D eigenvalue weighted by Crippen LogP contribution is 1.73. The minimum atomic E-state index is -0.543. The number of nitrogens with zero attached hydrogens (tertiary/aromatic N) is 1. The Morgan fingerprint density at radius 3 is 2.80 bits per heavy atom. The van der Waals surface area contributed by atoms with E-state index in [0.29, 0.717) is 6.61 Å². The Bertz CT molecular complexity index is 129. The molecule has 0 saturated carbocycles. The molecule has 10 heavy (non-hydrogen) atoms. The summed E-state index contributed by atoms with van der Waals surface area (Å²) >= 11 is 0. The molecular formula is C5H10N2O3. The molecule has 0 unspecified atom stereocenters. The second-order valence-corrected chi connectivity index (χ2v) is 1.23. The Morgan fingerprint density at radius 2 is 2.40 bits per heavy atom. The van der Waals surface area contributed by atoms with Crippen molar-refractivity contribution in [1.82, 2.24) is 5.32 Å². The number of hydrogen-bond acceptors (Lipinski definition) is 3. The Morgan fingerprint density at radius 1 is 1.80 bits per heavy atom. The number of amides is 1. The summed E-state index contributed by atoms with van der Waals surface area (Å²) in [4.78, 5) is 10.3. The zero-order valence-electron chi connectivity index (χ0n) is 5.68. The van der Waals surface area contributed by atoms with Crippen molar-refractivity contribution < 1.29 is 15.0 Å². The van der Waals surface area contributed by atoms with Crippen LogP contribution in [0.1, 0.15) is 6.92 Å². The first-order valence-electron chi connectivity index (χ1n) is 2.58. The third-order valence-corrected chi connectivity index (χ3v) is 0.587. The van der Waals surface area contributed by atoms with Gasteiger partial charge in [0, 0.05) is 0 Å². The average molecular weight is 146 g/mol. The van der Waals surface area contributed by atoms with Crippen LogP contribution in [0, 0.1) is 11.3 Å². The van der Waals surface area contributed by atoms with E-state index in [1.165, 1.54) is 0 Å². The van der Waals surface area contributed by atoms with Crippen LogP contribution < -0.4 is 5.32 Å². The molecule has 0 atom stereocenters. The van der Waals surface area contributed by atoms with Crippen LogP contribution in [0.4, 0.5) is 4.79 Å². The van der Waals surface area contributed by atoms with Crippen LogP contribution in [-0.2, 0) is 4.74 Å². The number of ether oxygens (including phenoxy) is 1. The van der Waals surface area contributed by atoms with Crippen molar-refractivity contribution in [1.29, 1.82) is 5.26 Å². The van der Waals surface area contributed by atoms with Crippen LogP contribution in [0.15, 0.2) is 0 Å². The van der Waals surface area contributed by atoms with Crippen molar-refractivity contribution in [2.75, 3.05) is 13.2 Å². The monoisotopic (exact) mass is 146 g/mol. The van der Waals surface area contributed by atoms with Crippen LogP contribution >= 0.6 is 0 Å². The smallest absolute Gasteiger partial charge is 0.407 e. The Balaban J connectivity index is 0. The van der Waals surface area contributed by atoms with Crippen molar-refractivity contribution >= 4 is 6.09 Å². The summed E-state index contributed by atoms with van der Waals surface area (Å²) in [5.41, 5.74) is 0. The van der Waals surface area contributed by atoms with Gasteiger partial charge in [0.2, 0.25) is 0 Å². The van der Waals surface area contributed by atoms with Crippen molar-refractivity contribution in [3.05, 3.63) is 0 Å². The van der Waals surface area contributed by atoms with Gasteiger partial charge in [0.1, 0.15) is 6.54 Å². The van der Waals surface area contributed by atoms with Crippen LogP contribution in [0.5, 0.6) is 0 Å². The lowest BCUT2D eigenvalue weighted by molar-refractivity contribution is 0.153. The van der Waals surface area contributed by atoms with Gasteiger partial charge in [-0.15, -0.1) is 0 Å².